The SMILES string of the molecule is CC(C)(C)c1csc(NC(=O)CSc2nnc(-c3cccc(Br)c3)o2)n1. The van der Waals surface area contributed by atoms with Crippen LogP contribution in [0.15, 0.2) is 43.8 Å². The van der Waals surface area contributed by atoms with Gasteiger partial charge in [0, 0.05) is 20.8 Å². The number of rotatable bonds is 5. The van der Waals surface area contributed by atoms with Crippen molar-refractivity contribution in [2.24, 2.45) is 0 Å². The summed E-state index contributed by atoms with van der Waals surface area (Å²) < 4.78 is 6.53. The first-order chi connectivity index (χ1) is 12.3. The van der Waals surface area contributed by atoms with Crippen LogP contribution in [-0.2, 0) is 10.2 Å². The first-order valence-electron chi connectivity index (χ1n) is 7.79. The molecule has 0 radical (unpaired) electrons. The van der Waals surface area contributed by atoms with Crippen molar-refractivity contribution in [1.29, 1.82) is 0 Å². The Morgan fingerprint density at radius 2 is 2.15 bits per heavy atom. The number of benzene rings is 1. The Hall–Kier alpha value is -1.71. The van der Waals surface area contributed by atoms with Crippen molar-refractivity contribution in [3.8, 4) is 11.5 Å². The maximum absolute atomic E-state index is 12.1. The summed E-state index contributed by atoms with van der Waals surface area (Å²) in [5.74, 6) is 0.431. The minimum absolute atomic E-state index is 0.0409. The van der Waals surface area contributed by atoms with Gasteiger partial charge >= 0.3 is 0 Å². The number of nitrogens with one attached hydrogen (secondary N) is 1. The molecule has 1 N–H and O–H groups in total. The summed E-state index contributed by atoms with van der Waals surface area (Å²) in [6.07, 6.45) is 0. The predicted molar refractivity (Wildman–Crippen MR) is 108 cm³/mol. The van der Waals surface area contributed by atoms with E-state index in [0.29, 0.717) is 16.2 Å². The van der Waals surface area contributed by atoms with Crippen LogP contribution in [-0.4, -0.2) is 26.8 Å². The Morgan fingerprint density at radius 3 is 2.85 bits per heavy atom. The lowest BCUT2D eigenvalue weighted by molar-refractivity contribution is -0.113. The van der Waals surface area contributed by atoms with Crippen LogP contribution in [0.1, 0.15) is 26.5 Å². The maximum atomic E-state index is 12.1. The van der Waals surface area contributed by atoms with Gasteiger partial charge in [-0.1, -0.05) is 54.5 Å². The highest BCUT2D eigenvalue weighted by Gasteiger charge is 2.18. The molecule has 0 spiro atoms. The van der Waals surface area contributed by atoms with Crippen LogP contribution in [0.25, 0.3) is 11.5 Å². The van der Waals surface area contributed by atoms with Gasteiger partial charge in [0.25, 0.3) is 5.22 Å². The van der Waals surface area contributed by atoms with Crippen molar-refractivity contribution in [3.05, 3.63) is 39.8 Å². The van der Waals surface area contributed by atoms with E-state index in [9.17, 15) is 4.79 Å². The van der Waals surface area contributed by atoms with Gasteiger partial charge in [-0.3, -0.25) is 4.79 Å². The van der Waals surface area contributed by atoms with Crippen LogP contribution in [0.5, 0.6) is 0 Å². The second-order valence-electron chi connectivity index (χ2n) is 6.51. The smallest absolute Gasteiger partial charge is 0.277 e. The Kier molecular flexibility index (Phi) is 5.79. The fraction of sp³-hybridized carbons (Fsp3) is 0.294. The van der Waals surface area contributed by atoms with E-state index in [0.717, 1.165) is 15.7 Å². The van der Waals surface area contributed by atoms with Crippen molar-refractivity contribution in [2.45, 2.75) is 31.4 Å². The topological polar surface area (TPSA) is 80.9 Å². The van der Waals surface area contributed by atoms with E-state index in [1.54, 1.807) is 0 Å². The highest BCUT2D eigenvalue weighted by atomic mass is 79.9. The van der Waals surface area contributed by atoms with Crippen molar-refractivity contribution in [1.82, 2.24) is 15.2 Å². The Labute approximate surface area is 167 Å². The minimum atomic E-state index is -0.160. The quantitative estimate of drug-likeness (QED) is 0.549. The summed E-state index contributed by atoms with van der Waals surface area (Å²) in [7, 11) is 0. The summed E-state index contributed by atoms with van der Waals surface area (Å²) in [5, 5.41) is 13.7. The first-order valence-corrected chi connectivity index (χ1v) is 10.5. The third-order valence-corrected chi connectivity index (χ3v) is 5.39. The molecular formula is C17H17BrN4O2S2. The van der Waals surface area contributed by atoms with E-state index in [4.69, 9.17) is 4.42 Å². The second kappa shape index (κ2) is 7.89. The highest BCUT2D eigenvalue weighted by Crippen LogP contribution is 2.27. The van der Waals surface area contributed by atoms with Gasteiger partial charge in [0.1, 0.15) is 0 Å². The number of halogens is 1. The predicted octanol–water partition coefficient (Wildman–Crippen LogP) is 4.98. The van der Waals surface area contributed by atoms with Gasteiger partial charge < -0.3 is 9.73 Å². The molecule has 26 heavy (non-hydrogen) atoms. The minimum Gasteiger partial charge on any atom is -0.411 e. The molecule has 1 aromatic carbocycles. The molecule has 9 heteroatoms. The third kappa shape index (κ3) is 4.93. The number of hydrogen-bond acceptors (Lipinski definition) is 7. The maximum Gasteiger partial charge on any atom is 0.277 e. The molecule has 0 atom stereocenters. The standard InChI is InChI=1S/C17H17BrN4O2S2/c1-17(2,3)12-8-25-15(19-12)20-13(23)9-26-16-22-21-14(24-16)10-5-4-6-11(18)7-10/h4-8H,9H2,1-3H3,(H,19,20,23). The van der Waals surface area contributed by atoms with Gasteiger partial charge in [-0.05, 0) is 18.2 Å². The molecule has 6 nitrogen and oxygen atoms in total. The lowest BCUT2D eigenvalue weighted by atomic mass is 9.93. The number of thiazole rings is 1. The van der Waals surface area contributed by atoms with E-state index in [2.05, 4.69) is 57.2 Å². The second-order valence-corrected chi connectivity index (χ2v) is 9.21. The molecule has 2 heterocycles. The zero-order valence-electron chi connectivity index (χ0n) is 14.4. The molecule has 0 aliphatic heterocycles. The number of nitrogens with zero attached hydrogens (tertiary/aromatic N) is 3. The van der Waals surface area contributed by atoms with Gasteiger partial charge in [-0.2, -0.15) is 0 Å². The van der Waals surface area contributed by atoms with Gasteiger partial charge in [-0.15, -0.1) is 21.5 Å². The van der Waals surface area contributed by atoms with E-state index in [-0.39, 0.29) is 17.1 Å². The first kappa shape index (κ1) is 19.1. The molecule has 0 bridgehead atoms. The molecule has 0 aliphatic carbocycles. The van der Waals surface area contributed by atoms with Crippen molar-refractivity contribution in [3.63, 3.8) is 0 Å². The summed E-state index contributed by atoms with van der Waals surface area (Å²) >= 11 is 6.02. The van der Waals surface area contributed by atoms with Gasteiger partial charge in [0.05, 0.1) is 11.4 Å². The normalized spacial score (nSPS) is 11.5. The Morgan fingerprint density at radius 1 is 1.35 bits per heavy atom. The summed E-state index contributed by atoms with van der Waals surface area (Å²) in [5.41, 5.74) is 1.74. The molecule has 3 aromatic rings. The molecular weight excluding hydrogens is 436 g/mol. The molecule has 0 unspecified atom stereocenters. The Bertz CT molecular complexity index is 917. The fourth-order valence-electron chi connectivity index (χ4n) is 1.96. The molecule has 136 valence electrons. The highest BCUT2D eigenvalue weighted by molar-refractivity contribution is 9.10. The van der Waals surface area contributed by atoms with Crippen molar-refractivity contribution in [2.75, 3.05) is 11.1 Å². The third-order valence-electron chi connectivity index (χ3n) is 3.32. The Balaban J connectivity index is 1.56. The van der Waals surface area contributed by atoms with E-state index in [1.807, 2.05) is 29.6 Å². The molecule has 0 aliphatic rings. The van der Waals surface area contributed by atoms with E-state index < -0.39 is 0 Å². The zero-order valence-corrected chi connectivity index (χ0v) is 17.7. The molecule has 0 fully saturated rings. The number of amides is 1. The van der Waals surface area contributed by atoms with Crippen LogP contribution >= 0.6 is 39.0 Å². The van der Waals surface area contributed by atoms with E-state index in [1.165, 1.54) is 23.1 Å². The molecule has 1 amide bonds. The van der Waals surface area contributed by atoms with Gasteiger partial charge in [0.2, 0.25) is 11.8 Å². The molecule has 0 saturated carbocycles. The summed E-state index contributed by atoms with van der Waals surface area (Å²) in [6.45, 7) is 6.26. The van der Waals surface area contributed by atoms with Crippen LogP contribution < -0.4 is 5.32 Å². The average Bonchev–Trinajstić information content (AvgIpc) is 3.22. The van der Waals surface area contributed by atoms with Crippen molar-refractivity contribution >= 4 is 50.1 Å². The number of thioether (sulfide) groups is 1. The zero-order chi connectivity index (χ0) is 18.7. The number of hydrogen-bond donors (Lipinski definition) is 1. The van der Waals surface area contributed by atoms with Crippen LogP contribution in [0.4, 0.5) is 5.13 Å². The lowest BCUT2D eigenvalue weighted by Crippen LogP contribution is -2.15. The molecule has 3 rings (SSSR count). The van der Waals surface area contributed by atoms with Crippen LogP contribution in [0.2, 0.25) is 0 Å². The molecule has 2 aromatic heterocycles. The monoisotopic (exact) mass is 452 g/mol. The van der Waals surface area contributed by atoms with Gasteiger partial charge in [0.15, 0.2) is 5.13 Å². The number of carbonyl (C=O) groups is 1. The summed E-state index contributed by atoms with van der Waals surface area (Å²) in [4.78, 5) is 16.6. The summed E-state index contributed by atoms with van der Waals surface area (Å²) in [6, 6.07) is 7.59. The average molecular weight is 453 g/mol. The van der Waals surface area contributed by atoms with E-state index >= 15 is 0 Å². The number of anilines is 1. The number of carbonyl (C=O) groups excluding carboxylic acids is 1. The number of aromatic nitrogens is 3. The molecule has 0 saturated heterocycles. The fourth-order valence-corrected chi connectivity index (χ4v) is 3.88. The van der Waals surface area contributed by atoms with Crippen LogP contribution in [0, 0.1) is 0 Å². The van der Waals surface area contributed by atoms with Crippen LogP contribution in [0.3, 0.4) is 0 Å². The lowest BCUT2D eigenvalue weighted by Gasteiger charge is -2.14. The van der Waals surface area contributed by atoms with Crippen molar-refractivity contribution < 1.29 is 9.21 Å². The van der Waals surface area contributed by atoms with Gasteiger partial charge in [-0.25, -0.2) is 4.98 Å². The largest absolute Gasteiger partial charge is 0.411 e.